The summed E-state index contributed by atoms with van der Waals surface area (Å²) in [5.74, 6) is 1.84. The van der Waals surface area contributed by atoms with Crippen molar-refractivity contribution < 1.29 is 19.0 Å². The maximum absolute atomic E-state index is 12.8. The highest BCUT2D eigenvalue weighted by molar-refractivity contribution is 5.95. The lowest BCUT2D eigenvalue weighted by Gasteiger charge is -2.44. The largest absolute Gasteiger partial charge is 0.486 e. The molecule has 2 aromatic rings. The highest BCUT2D eigenvalue weighted by atomic mass is 16.6. The summed E-state index contributed by atoms with van der Waals surface area (Å²) in [6.07, 6.45) is 2.16. The molecule has 4 aliphatic heterocycles. The van der Waals surface area contributed by atoms with Gasteiger partial charge in [-0.1, -0.05) is 30.3 Å². The molecule has 0 aromatic heterocycles. The SMILES string of the molecule is O=C(N[C@H]1CN2CCC1CC2)c1ccc2c(c1)O[C@@H](COCc1ccccc1)CO2. The summed E-state index contributed by atoms with van der Waals surface area (Å²) in [5.41, 5.74) is 1.74. The fourth-order valence-corrected chi connectivity index (χ4v) is 4.60. The van der Waals surface area contributed by atoms with Gasteiger partial charge < -0.3 is 24.4 Å². The van der Waals surface area contributed by atoms with E-state index in [1.54, 1.807) is 6.07 Å². The molecule has 2 atom stereocenters. The lowest BCUT2D eigenvalue weighted by atomic mass is 9.84. The molecule has 0 unspecified atom stereocenters. The van der Waals surface area contributed by atoms with E-state index < -0.39 is 0 Å². The molecule has 0 radical (unpaired) electrons. The van der Waals surface area contributed by atoms with Gasteiger partial charge in [0.25, 0.3) is 5.91 Å². The Balaban J connectivity index is 1.17. The van der Waals surface area contributed by atoms with Gasteiger partial charge in [-0.15, -0.1) is 0 Å². The summed E-state index contributed by atoms with van der Waals surface area (Å²) >= 11 is 0. The number of hydrogen-bond acceptors (Lipinski definition) is 5. The molecule has 30 heavy (non-hydrogen) atoms. The van der Waals surface area contributed by atoms with Crippen LogP contribution in [-0.4, -0.2) is 55.8 Å². The normalized spacial score (nSPS) is 26.9. The zero-order valence-corrected chi connectivity index (χ0v) is 17.1. The number of ether oxygens (including phenoxy) is 3. The third-order valence-electron chi connectivity index (χ3n) is 6.31. The zero-order chi connectivity index (χ0) is 20.3. The van der Waals surface area contributed by atoms with Crippen molar-refractivity contribution in [3.8, 4) is 11.5 Å². The van der Waals surface area contributed by atoms with Gasteiger partial charge in [-0.25, -0.2) is 0 Å². The van der Waals surface area contributed by atoms with E-state index in [2.05, 4.69) is 10.2 Å². The smallest absolute Gasteiger partial charge is 0.251 e. The Labute approximate surface area is 177 Å². The topological polar surface area (TPSA) is 60.0 Å². The number of rotatable bonds is 6. The number of carbonyl (C=O) groups is 1. The molecule has 3 saturated heterocycles. The standard InChI is InChI=1S/C24H28N2O4/c27-24(25-21-13-26-10-8-18(21)9-11-26)19-6-7-22-23(12-19)30-20(16-29-22)15-28-14-17-4-2-1-3-5-17/h1-7,12,18,20-21H,8-11,13-16H2,(H,25,27)/t20-,21-/m0/s1. The first kappa shape index (κ1) is 19.4. The number of benzene rings is 2. The Bertz CT molecular complexity index is 880. The van der Waals surface area contributed by atoms with Gasteiger partial charge in [-0.3, -0.25) is 4.79 Å². The van der Waals surface area contributed by atoms with E-state index >= 15 is 0 Å². The predicted molar refractivity (Wildman–Crippen MR) is 113 cm³/mol. The number of nitrogens with zero attached hydrogens (tertiary/aromatic N) is 1. The maximum Gasteiger partial charge on any atom is 0.251 e. The molecule has 2 bridgehead atoms. The molecule has 6 nitrogen and oxygen atoms in total. The van der Waals surface area contributed by atoms with Crippen LogP contribution in [0, 0.1) is 5.92 Å². The van der Waals surface area contributed by atoms with Crippen LogP contribution in [0.2, 0.25) is 0 Å². The second-order valence-electron chi connectivity index (χ2n) is 8.43. The van der Waals surface area contributed by atoms with Gasteiger partial charge in [0, 0.05) is 18.2 Å². The fraction of sp³-hybridized carbons (Fsp3) is 0.458. The Morgan fingerprint density at radius 2 is 1.93 bits per heavy atom. The van der Waals surface area contributed by atoms with Crippen LogP contribution in [0.3, 0.4) is 0 Å². The van der Waals surface area contributed by atoms with Crippen LogP contribution < -0.4 is 14.8 Å². The minimum Gasteiger partial charge on any atom is -0.486 e. The number of hydrogen-bond donors (Lipinski definition) is 1. The number of amides is 1. The predicted octanol–water partition coefficient (Wildman–Crippen LogP) is 2.87. The van der Waals surface area contributed by atoms with Gasteiger partial charge in [0.15, 0.2) is 17.6 Å². The molecule has 158 valence electrons. The van der Waals surface area contributed by atoms with Gasteiger partial charge in [0.2, 0.25) is 0 Å². The number of nitrogens with one attached hydrogen (secondary N) is 1. The van der Waals surface area contributed by atoms with E-state index in [1.807, 2.05) is 42.5 Å². The van der Waals surface area contributed by atoms with Crippen molar-refractivity contribution >= 4 is 5.91 Å². The molecule has 4 aliphatic rings. The van der Waals surface area contributed by atoms with Gasteiger partial charge in [0.05, 0.1) is 13.2 Å². The summed E-state index contributed by atoms with van der Waals surface area (Å²) in [6.45, 7) is 4.69. The van der Waals surface area contributed by atoms with Crippen molar-refractivity contribution in [3.05, 3.63) is 59.7 Å². The summed E-state index contributed by atoms with van der Waals surface area (Å²) in [4.78, 5) is 15.3. The van der Waals surface area contributed by atoms with Crippen LogP contribution >= 0.6 is 0 Å². The zero-order valence-electron chi connectivity index (χ0n) is 17.1. The monoisotopic (exact) mass is 408 g/mol. The molecule has 6 heteroatoms. The van der Waals surface area contributed by atoms with Crippen molar-refractivity contribution in [3.63, 3.8) is 0 Å². The van der Waals surface area contributed by atoms with Crippen LogP contribution in [0.5, 0.6) is 11.5 Å². The molecule has 1 amide bonds. The summed E-state index contributed by atoms with van der Waals surface area (Å²) in [7, 11) is 0. The first-order valence-corrected chi connectivity index (χ1v) is 10.8. The van der Waals surface area contributed by atoms with E-state index in [-0.39, 0.29) is 18.1 Å². The van der Waals surface area contributed by atoms with Crippen molar-refractivity contribution in [2.24, 2.45) is 5.92 Å². The molecule has 1 N–H and O–H groups in total. The van der Waals surface area contributed by atoms with Crippen molar-refractivity contribution in [2.45, 2.75) is 31.6 Å². The fourth-order valence-electron chi connectivity index (χ4n) is 4.60. The van der Waals surface area contributed by atoms with Gasteiger partial charge in [-0.2, -0.15) is 0 Å². The lowest BCUT2D eigenvalue weighted by molar-refractivity contribution is 0.00266. The molecule has 3 fully saturated rings. The number of fused-ring (bicyclic) bond motifs is 4. The number of carbonyl (C=O) groups excluding carboxylic acids is 1. The third-order valence-corrected chi connectivity index (χ3v) is 6.31. The molecule has 6 rings (SSSR count). The molecule has 0 spiro atoms. The molecular weight excluding hydrogens is 380 g/mol. The molecular formula is C24H28N2O4. The van der Waals surface area contributed by atoms with Gasteiger partial charge in [-0.05, 0) is 55.6 Å². The van der Waals surface area contributed by atoms with E-state index in [9.17, 15) is 4.79 Å². The average molecular weight is 408 g/mol. The number of piperidine rings is 3. The Hall–Kier alpha value is -2.57. The molecule has 4 heterocycles. The Morgan fingerprint density at radius 3 is 2.70 bits per heavy atom. The van der Waals surface area contributed by atoms with Crippen LogP contribution in [0.1, 0.15) is 28.8 Å². The van der Waals surface area contributed by atoms with Crippen molar-refractivity contribution in [2.75, 3.05) is 32.8 Å². The van der Waals surface area contributed by atoms with Crippen LogP contribution in [0.15, 0.2) is 48.5 Å². The second kappa shape index (κ2) is 8.66. The summed E-state index contributed by atoms with van der Waals surface area (Å²) in [5, 5.41) is 3.24. The minimum absolute atomic E-state index is 0.0393. The second-order valence-corrected chi connectivity index (χ2v) is 8.43. The lowest BCUT2D eigenvalue weighted by Crippen LogP contribution is -2.57. The van der Waals surface area contributed by atoms with Crippen LogP contribution in [0.4, 0.5) is 0 Å². The Morgan fingerprint density at radius 1 is 1.10 bits per heavy atom. The van der Waals surface area contributed by atoms with E-state index in [0.717, 1.165) is 25.2 Å². The van der Waals surface area contributed by atoms with E-state index in [1.165, 1.54) is 12.8 Å². The minimum atomic E-state index is -0.193. The van der Waals surface area contributed by atoms with Crippen LogP contribution in [0.25, 0.3) is 0 Å². The Kier molecular flexibility index (Phi) is 5.60. The molecule has 2 aromatic carbocycles. The highest BCUT2D eigenvalue weighted by Gasteiger charge is 2.35. The molecule has 0 saturated carbocycles. The van der Waals surface area contributed by atoms with Crippen molar-refractivity contribution in [1.29, 1.82) is 0 Å². The first-order chi connectivity index (χ1) is 14.7. The van der Waals surface area contributed by atoms with E-state index in [4.69, 9.17) is 14.2 Å². The third kappa shape index (κ3) is 4.30. The van der Waals surface area contributed by atoms with E-state index in [0.29, 0.717) is 42.8 Å². The molecule has 0 aliphatic carbocycles. The van der Waals surface area contributed by atoms with Crippen LogP contribution in [-0.2, 0) is 11.3 Å². The first-order valence-electron chi connectivity index (χ1n) is 10.8. The maximum atomic E-state index is 12.8. The van der Waals surface area contributed by atoms with Crippen molar-refractivity contribution in [1.82, 2.24) is 10.2 Å². The quantitative estimate of drug-likeness (QED) is 0.797. The highest BCUT2D eigenvalue weighted by Crippen LogP contribution is 2.33. The summed E-state index contributed by atoms with van der Waals surface area (Å²) < 4.78 is 17.7. The van der Waals surface area contributed by atoms with Gasteiger partial charge in [0.1, 0.15) is 6.61 Å². The summed E-state index contributed by atoms with van der Waals surface area (Å²) in [6, 6.07) is 15.7. The van der Waals surface area contributed by atoms with Gasteiger partial charge >= 0.3 is 0 Å². The average Bonchev–Trinajstić information content (AvgIpc) is 2.80.